The summed E-state index contributed by atoms with van der Waals surface area (Å²) in [5.74, 6) is -1.48. The molecule has 0 spiro atoms. The molecule has 2 aromatic carbocycles. The molecule has 0 atom stereocenters. The fourth-order valence-electron chi connectivity index (χ4n) is 4.48. The minimum atomic E-state index is -1.32. The number of likely N-dealkylation sites (tertiary alicyclic amines) is 1. The third kappa shape index (κ3) is 4.28. The molecule has 0 unspecified atom stereocenters. The molecule has 2 aliphatic rings. The van der Waals surface area contributed by atoms with Crippen LogP contribution in [0.1, 0.15) is 45.2 Å². The standard InChI is InChI=1S/C25H24Cl2F2N4O3/c1-24(2,3)36-23(35)32-10-25(11-32,19-15(28)7-6-14(26)20(19)27)31-17-9-8-16-18(21(17)29)22(34)33(12-30-16)13-4-5-13/h6-9,12-13,31H,4-5,10-11H2,1-3H3. The number of hydrogen-bond donors (Lipinski definition) is 1. The van der Waals surface area contributed by atoms with Gasteiger partial charge in [0.1, 0.15) is 22.3 Å². The summed E-state index contributed by atoms with van der Waals surface area (Å²) >= 11 is 12.6. The summed E-state index contributed by atoms with van der Waals surface area (Å²) in [5, 5.41) is 2.93. The quantitative estimate of drug-likeness (QED) is 0.421. The zero-order valence-electron chi connectivity index (χ0n) is 19.9. The number of amides is 1. The molecule has 1 saturated carbocycles. The number of aromatic nitrogens is 2. The number of carbonyl (C=O) groups is 1. The maximum absolute atomic E-state index is 15.8. The lowest BCUT2D eigenvalue weighted by Crippen LogP contribution is -2.66. The van der Waals surface area contributed by atoms with E-state index in [1.165, 1.54) is 34.0 Å². The molecule has 5 rings (SSSR count). The van der Waals surface area contributed by atoms with Crippen LogP contribution in [0, 0.1) is 11.6 Å². The van der Waals surface area contributed by atoms with Crippen LogP contribution in [0.25, 0.3) is 10.9 Å². The van der Waals surface area contributed by atoms with Gasteiger partial charge in [-0.05, 0) is 57.9 Å². The average molecular weight is 537 g/mol. The largest absolute Gasteiger partial charge is 0.444 e. The second-order valence-electron chi connectivity index (χ2n) is 10.3. The number of nitrogens with one attached hydrogen (secondary N) is 1. The molecule has 2 fully saturated rings. The SMILES string of the molecule is CC(C)(C)OC(=O)N1CC(Nc2ccc3ncn(C4CC4)c(=O)c3c2F)(c2c(F)ccc(Cl)c2Cl)C1. The maximum atomic E-state index is 15.8. The predicted molar refractivity (Wildman–Crippen MR) is 134 cm³/mol. The summed E-state index contributed by atoms with van der Waals surface area (Å²) in [5.41, 5.74) is -2.37. The first-order chi connectivity index (χ1) is 16.9. The number of halogens is 4. The lowest BCUT2D eigenvalue weighted by atomic mass is 9.81. The molecular formula is C25H24Cl2F2N4O3. The lowest BCUT2D eigenvalue weighted by molar-refractivity contribution is -0.00539. The van der Waals surface area contributed by atoms with Crippen molar-refractivity contribution in [3.05, 3.63) is 68.2 Å². The molecule has 0 radical (unpaired) electrons. The van der Waals surface area contributed by atoms with E-state index in [0.717, 1.165) is 18.9 Å². The molecule has 36 heavy (non-hydrogen) atoms. The van der Waals surface area contributed by atoms with Crippen molar-refractivity contribution in [1.29, 1.82) is 0 Å². The van der Waals surface area contributed by atoms with E-state index in [1.54, 1.807) is 20.8 Å². The van der Waals surface area contributed by atoms with E-state index in [4.69, 9.17) is 27.9 Å². The number of nitrogens with zero attached hydrogens (tertiary/aromatic N) is 3. The molecule has 1 N–H and O–H groups in total. The van der Waals surface area contributed by atoms with Gasteiger partial charge >= 0.3 is 6.09 Å². The van der Waals surface area contributed by atoms with Crippen LogP contribution in [0.15, 0.2) is 35.4 Å². The molecular weight excluding hydrogens is 513 g/mol. The van der Waals surface area contributed by atoms with E-state index < -0.39 is 34.4 Å². The Morgan fingerprint density at radius 1 is 1.17 bits per heavy atom. The Hall–Kier alpha value is -2.91. The Kier molecular flexibility index (Phi) is 5.91. The number of rotatable bonds is 4. The van der Waals surface area contributed by atoms with Gasteiger partial charge in [0.15, 0.2) is 5.82 Å². The van der Waals surface area contributed by atoms with Crippen molar-refractivity contribution >= 4 is 45.9 Å². The Morgan fingerprint density at radius 2 is 1.86 bits per heavy atom. The van der Waals surface area contributed by atoms with E-state index in [9.17, 15) is 9.59 Å². The highest BCUT2D eigenvalue weighted by atomic mass is 35.5. The van der Waals surface area contributed by atoms with Crippen molar-refractivity contribution in [3.8, 4) is 0 Å². The fourth-order valence-corrected chi connectivity index (χ4v) is 4.97. The zero-order chi connectivity index (χ0) is 26.0. The molecule has 1 aliphatic carbocycles. The summed E-state index contributed by atoms with van der Waals surface area (Å²) in [4.78, 5) is 31.2. The van der Waals surface area contributed by atoms with Crippen molar-refractivity contribution in [2.75, 3.05) is 18.4 Å². The Labute approximate surface area is 216 Å². The van der Waals surface area contributed by atoms with Crippen molar-refractivity contribution in [2.45, 2.75) is 50.8 Å². The van der Waals surface area contributed by atoms with Crippen molar-refractivity contribution in [2.24, 2.45) is 0 Å². The van der Waals surface area contributed by atoms with Gasteiger partial charge < -0.3 is 15.0 Å². The molecule has 11 heteroatoms. The van der Waals surface area contributed by atoms with Crippen LogP contribution in [0.2, 0.25) is 10.0 Å². The number of benzene rings is 2. The second-order valence-corrected chi connectivity index (χ2v) is 11.1. The Bertz CT molecular complexity index is 1440. The molecule has 1 aromatic heterocycles. The minimum absolute atomic E-state index is 0.00227. The third-order valence-corrected chi connectivity index (χ3v) is 7.10. The maximum Gasteiger partial charge on any atom is 0.410 e. The van der Waals surface area contributed by atoms with Gasteiger partial charge in [0.05, 0.1) is 40.7 Å². The van der Waals surface area contributed by atoms with Crippen LogP contribution < -0.4 is 10.9 Å². The number of hydrogen-bond acceptors (Lipinski definition) is 5. The second kappa shape index (κ2) is 8.59. The van der Waals surface area contributed by atoms with E-state index in [2.05, 4.69) is 10.3 Å². The molecule has 3 aromatic rings. The number of anilines is 1. The summed E-state index contributed by atoms with van der Waals surface area (Å²) in [6.07, 6.45) is 2.50. The van der Waals surface area contributed by atoms with Crippen LogP contribution in [0.5, 0.6) is 0 Å². The molecule has 7 nitrogen and oxygen atoms in total. The van der Waals surface area contributed by atoms with E-state index >= 15 is 8.78 Å². The topological polar surface area (TPSA) is 76.5 Å². The van der Waals surface area contributed by atoms with E-state index in [-0.39, 0.29) is 51.3 Å². The van der Waals surface area contributed by atoms with E-state index in [1.807, 2.05) is 0 Å². The first-order valence-corrected chi connectivity index (χ1v) is 12.3. The number of fused-ring (bicyclic) bond motifs is 1. The summed E-state index contributed by atoms with van der Waals surface area (Å²) in [7, 11) is 0. The van der Waals surface area contributed by atoms with Crippen LogP contribution in [0.4, 0.5) is 19.3 Å². The summed E-state index contributed by atoms with van der Waals surface area (Å²) < 4.78 is 37.8. The molecule has 0 bridgehead atoms. The van der Waals surface area contributed by atoms with Gasteiger partial charge in [-0.15, -0.1) is 0 Å². The average Bonchev–Trinajstić information content (AvgIpc) is 3.60. The number of ether oxygens (including phenoxy) is 1. The highest BCUT2D eigenvalue weighted by Crippen LogP contribution is 2.44. The number of carbonyl (C=O) groups excluding carboxylic acids is 1. The summed E-state index contributed by atoms with van der Waals surface area (Å²) in [6, 6.07) is 5.46. The van der Waals surface area contributed by atoms with E-state index in [0.29, 0.717) is 0 Å². The van der Waals surface area contributed by atoms with Crippen molar-refractivity contribution in [3.63, 3.8) is 0 Å². The van der Waals surface area contributed by atoms with Gasteiger partial charge in [-0.3, -0.25) is 9.36 Å². The van der Waals surface area contributed by atoms with Gasteiger partial charge in [0.25, 0.3) is 5.56 Å². The molecule has 1 saturated heterocycles. The van der Waals surface area contributed by atoms with Crippen LogP contribution in [0.3, 0.4) is 0 Å². The van der Waals surface area contributed by atoms with Crippen LogP contribution >= 0.6 is 23.2 Å². The molecule has 1 amide bonds. The Balaban J connectivity index is 1.57. The molecule has 2 heterocycles. The minimum Gasteiger partial charge on any atom is -0.444 e. The van der Waals surface area contributed by atoms with Gasteiger partial charge in [-0.25, -0.2) is 18.6 Å². The monoisotopic (exact) mass is 536 g/mol. The first kappa shape index (κ1) is 24.8. The fraction of sp³-hybridized carbons (Fsp3) is 0.400. The zero-order valence-corrected chi connectivity index (χ0v) is 21.4. The Morgan fingerprint density at radius 3 is 2.50 bits per heavy atom. The van der Waals surface area contributed by atoms with Gasteiger partial charge in [0, 0.05) is 11.6 Å². The summed E-state index contributed by atoms with van der Waals surface area (Å²) in [6.45, 7) is 5.05. The normalized spacial score (nSPS) is 17.1. The predicted octanol–water partition coefficient (Wildman–Crippen LogP) is 5.87. The van der Waals surface area contributed by atoms with Crippen molar-refractivity contribution < 1.29 is 18.3 Å². The van der Waals surface area contributed by atoms with Crippen LogP contribution in [-0.2, 0) is 10.3 Å². The van der Waals surface area contributed by atoms with Crippen molar-refractivity contribution in [1.82, 2.24) is 14.5 Å². The smallest absolute Gasteiger partial charge is 0.410 e. The van der Waals surface area contributed by atoms with Gasteiger partial charge in [-0.2, -0.15) is 0 Å². The lowest BCUT2D eigenvalue weighted by Gasteiger charge is -2.51. The molecule has 1 aliphatic heterocycles. The van der Waals surface area contributed by atoms with Gasteiger partial charge in [0.2, 0.25) is 0 Å². The first-order valence-electron chi connectivity index (χ1n) is 11.5. The van der Waals surface area contributed by atoms with Crippen LogP contribution in [-0.4, -0.2) is 39.2 Å². The third-order valence-electron chi connectivity index (χ3n) is 6.30. The van der Waals surface area contributed by atoms with Gasteiger partial charge in [-0.1, -0.05) is 23.2 Å². The highest BCUT2D eigenvalue weighted by molar-refractivity contribution is 6.42. The molecule has 190 valence electrons. The highest BCUT2D eigenvalue weighted by Gasteiger charge is 2.51.